The molecule has 5 heteroatoms. The molecule has 0 spiro atoms. The number of unbranched alkanes of at least 4 members (excludes halogenated alkanes) is 2. The van der Waals surface area contributed by atoms with Gasteiger partial charge in [-0.25, -0.2) is 4.39 Å². The highest BCUT2D eigenvalue weighted by Crippen LogP contribution is 2.38. The first-order chi connectivity index (χ1) is 14.3. The molecule has 0 heterocycles. The third-order valence-corrected chi connectivity index (χ3v) is 6.14. The van der Waals surface area contributed by atoms with E-state index in [2.05, 4.69) is 23.8 Å². The SMILES string of the molecule is CCCCCC1CCC(c2ccc(Cc3ccc(OC(F)(F)F)c(F)c3)cc2)CC1. The van der Waals surface area contributed by atoms with Crippen LogP contribution in [-0.4, -0.2) is 6.36 Å². The van der Waals surface area contributed by atoms with Gasteiger partial charge in [-0.2, -0.15) is 0 Å². The van der Waals surface area contributed by atoms with Gasteiger partial charge in [-0.15, -0.1) is 13.2 Å². The molecular weight excluding hydrogens is 392 g/mol. The molecule has 1 fully saturated rings. The molecule has 2 aromatic rings. The summed E-state index contributed by atoms with van der Waals surface area (Å²) in [5.74, 6) is -0.312. The fourth-order valence-electron chi connectivity index (χ4n) is 4.47. The molecule has 0 aliphatic heterocycles. The highest BCUT2D eigenvalue weighted by molar-refractivity contribution is 5.34. The number of halogens is 4. The Morgan fingerprint density at radius 3 is 2.17 bits per heavy atom. The van der Waals surface area contributed by atoms with E-state index < -0.39 is 17.9 Å². The zero-order valence-electron chi connectivity index (χ0n) is 17.5. The van der Waals surface area contributed by atoms with Crippen molar-refractivity contribution in [2.45, 2.75) is 77.0 Å². The molecule has 1 aliphatic carbocycles. The van der Waals surface area contributed by atoms with Gasteiger partial charge in [0, 0.05) is 0 Å². The van der Waals surface area contributed by atoms with Crippen molar-refractivity contribution >= 4 is 0 Å². The van der Waals surface area contributed by atoms with Crippen molar-refractivity contribution in [3.8, 4) is 5.75 Å². The molecule has 0 radical (unpaired) electrons. The molecule has 2 aromatic carbocycles. The van der Waals surface area contributed by atoms with E-state index in [0.717, 1.165) is 23.6 Å². The molecule has 0 N–H and O–H groups in total. The molecule has 3 rings (SSSR count). The number of ether oxygens (including phenoxy) is 1. The zero-order chi connectivity index (χ0) is 21.6. The van der Waals surface area contributed by atoms with Gasteiger partial charge in [0.25, 0.3) is 0 Å². The second-order valence-electron chi connectivity index (χ2n) is 8.44. The van der Waals surface area contributed by atoms with Gasteiger partial charge in [-0.1, -0.05) is 62.9 Å². The van der Waals surface area contributed by atoms with E-state index in [1.807, 2.05) is 12.1 Å². The highest BCUT2D eigenvalue weighted by atomic mass is 19.4. The average Bonchev–Trinajstić information content (AvgIpc) is 2.71. The monoisotopic (exact) mass is 422 g/mol. The second kappa shape index (κ2) is 10.3. The quantitative estimate of drug-likeness (QED) is 0.308. The van der Waals surface area contributed by atoms with Gasteiger partial charge >= 0.3 is 6.36 Å². The van der Waals surface area contributed by atoms with Crippen molar-refractivity contribution in [2.24, 2.45) is 5.92 Å². The van der Waals surface area contributed by atoms with Crippen molar-refractivity contribution in [1.82, 2.24) is 0 Å². The van der Waals surface area contributed by atoms with E-state index >= 15 is 0 Å². The van der Waals surface area contributed by atoms with E-state index in [1.54, 1.807) is 0 Å². The van der Waals surface area contributed by atoms with Crippen LogP contribution in [0.5, 0.6) is 5.75 Å². The van der Waals surface area contributed by atoms with Crippen LogP contribution in [0, 0.1) is 11.7 Å². The minimum Gasteiger partial charge on any atom is -0.403 e. The van der Waals surface area contributed by atoms with Crippen molar-refractivity contribution in [2.75, 3.05) is 0 Å². The predicted octanol–water partition coefficient (Wildman–Crippen LogP) is 8.17. The summed E-state index contributed by atoms with van der Waals surface area (Å²) in [6.07, 6.45) is 5.99. The van der Waals surface area contributed by atoms with Gasteiger partial charge in [0.2, 0.25) is 0 Å². The fraction of sp³-hybridized carbons (Fsp3) is 0.520. The van der Waals surface area contributed by atoms with Crippen LogP contribution in [-0.2, 0) is 6.42 Å². The van der Waals surface area contributed by atoms with E-state index in [-0.39, 0.29) is 0 Å². The molecule has 1 aliphatic rings. The van der Waals surface area contributed by atoms with Crippen LogP contribution in [0.15, 0.2) is 42.5 Å². The van der Waals surface area contributed by atoms with Gasteiger partial charge in [-0.3, -0.25) is 0 Å². The average molecular weight is 423 g/mol. The molecule has 0 atom stereocenters. The van der Waals surface area contributed by atoms with Gasteiger partial charge in [0.05, 0.1) is 0 Å². The Morgan fingerprint density at radius 1 is 0.900 bits per heavy atom. The molecular formula is C25H30F4O. The van der Waals surface area contributed by atoms with Gasteiger partial charge < -0.3 is 4.74 Å². The third kappa shape index (κ3) is 6.75. The third-order valence-electron chi connectivity index (χ3n) is 6.14. The van der Waals surface area contributed by atoms with Crippen LogP contribution in [0.2, 0.25) is 0 Å². The summed E-state index contributed by atoms with van der Waals surface area (Å²) in [5.41, 5.74) is 2.98. The Hall–Kier alpha value is -2.04. The number of hydrogen-bond donors (Lipinski definition) is 0. The van der Waals surface area contributed by atoms with E-state index in [4.69, 9.17) is 0 Å². The van der Waals surface area contributed by atoms with Crippen molar-refractivity contribution in [3.05, 3.63) is 65.0 Å². The van der Waals surface area contributed by atoms with E-state index in [1.165, 1.54) is 63.0 Å². The maximum atomic E-state index is 13.9. The maximum absolute atomic E-state index is 13.9. The summed E-state index contributed by atoms with van der Waals surface area (Å²) in [7, 11) is 0. The topological polar surface area (TPSA) is 9.23 Å². The minimum atomic E-state index is -4.90. The summed E-state index contributed by atoms with van der Waals surface area (Å²) >= 11 is 0. The van der Waals surface area contributed by atoms with Crippen LogP contribution in [0.1, 0.15) is 80.9 Å². The summed E-state index contributed by atoms with van der Waals surface area (Å²) < 4.78 is 54.4. The predicted molar refractivity (Wildman–Crippen MR) is 111 cm³/mol. The first-order valence-electron chi connectivity index (χ1n) is 11.0. The standard InChI is InChI=1S/C25H30F4O/c1-2-3-4-5-18-6-11-21(12-7-18)22-13-8-19(9-14-22)16-20-10-15-24(23(26)17-20)30-25(27,28)29/h8-10,13-15,17-18,21H,2-7,11-12,16H2,1H3. The van der Waals surface area contributed by atoms with E-state index in [0.29, 0.717) is 17.9 Å². The molecule has 0 aromatic heterocycles. The Balaban J connectivity index is 1.53. The number of rotatable bonds is 8. The fourth-order valence-corrected chi connectivity index (χ4v) is 4.47. The van der Waals surface area contributed by atoms with Crippen molar-refractivity contribution in [1.29, 1.82) is 0 Å². The molecule has 1 saturated carbocycles. The Bertz CT molecular complexity index is 790. The van der Waals surface area contributed by atoms with Crippen LogP contribution in [0.25, 0.3) is 0 Å². The van der Waals surface area contributed by atoms with Crippen molar-refractivity contribution in [3.63, 3.8) is 0 Å². The number of benzene rings is 2. The van der Waals surface area contributed by atoms with Crippen LogP contribution in [0.3, 0.4) is 0 Å². The van der Waals surface area contributed by atoms with Crippen LogP contribution < -0.4 is 4.74 Å². The zero-order valence-corrected chi connectivity index (χ0v) is 17.5. The highest BCUT2D eigenvalue weighted by Gasteiger charge is 2.32. The maximum Gasteiger partial charge on any atom is 0.573 e. The lowest BCUT2D eigenvalue weighted by Gasteiger charge is -2.29. The lowest BCUT2D eigenvalue weighted by molar-refractivity contribution is -0.275. The Morgan fingerprint density at radius 2 is 1.57 bits per heavy atom. The number of hydrogen-bond acceptors (Lipinski definition) is 1. The van der Waals surface area contributed by atoms with Crippen molar-refractivity contribution < 1.29 is 22.3 Å². The van der Waals surface area contributed by atoms with Gasteiger partial charge in [0.1, 0.15) is 0 Å². The van der Waals surface area contributed by atoms with Crippen LogP contribution in [0.4, 0.5) is 17.6 Å². The normalized spacial score (nSPS) is 19.6. The molecule has 0 unspecified atom stereocenters. The second-order valence-corrected chi connectivity index (χ2v) is 8.44. The summed E-state index contributed by atoms with van der Waals surface area (Å²) in [6, 6.07) is 12.0. The molecule has 0 bridgehead atoms. The Labute approximate surface area is 176 Å². The lowest BCUT2D eigenvalue weighted by Crippen LogP contribution is -2.18. The van der Waals surface area contributed by atoms with E-state index in [9.17, 15) is 17.6 Å². The smallest absolute Gasteiger partial charge is 0.403 e. The first kappa shape index (κ1) is 22.6. The summed E-state index contributed by atoms with van der Waals surface area (Å²) in [6.45, 7) is 2.24. The molecule has 0 saturated heterocycles. The Kier molecular flexibility index (Phi) is 7.79. The summed E-state index contributed by atoms with van der Waals surface area (Å²) in [4.78, 5) is 0. The van der Waals surface area contributed by atoms with Crippen LogP contribution >= 0.6 is 0 Å². The molecule has 0 amide bonds. The first-order valence-corrected chi connectivity index (χ1v) is 11.0. The molecule has 1 nitrogen and oxygen atoms in total. The van der Waals surface area contributed by atoms with Gasteiger partial charge in [0.15, 0.2) is 11.6 Å². The van der Waals surface area contributed by atoms with Gasteiger partial charge in [-0.05, 0) is 72.8 Å². The largest absolute Gasteiger partial charge is 0.573 e. The number of alkyl halides is 3. The molecule has 164 valence electrons. The molecule has 30 heavy (non-hydrogen) atoms. The minimum absolute atomic E-state index is 0.466. The lowest BCUT2D eigenvalue weighted by atomic mass is 9.77. The summed E-state index contributed by atoms with van der Waals surface area (Å²) in [5, 5.41) is 0.